The van der Waals surface area contributed by atoms with Crippen LogP contribution in [0.1, 0.15) is 37.1 Å². The third kappa shape index (κ3) is 5.31. The van der Waals surface area contributed by atoms with Gasteiger partial charge in [0.25, 0.3) is 0 Å². The lowest BCUT2D eigenvalue weighted by Gasteiger charge is -2.27. The van der Waals surface area contributed by atoms with E-state index in [1.807, 2.05) is 0 Å². The second-order valence-corrected chi connectivity index (χ2v) is 11.1. The van der Waals surface area contributed by atoms with Crippen molar-refractivity contribution in [2.45, 2.75) is 32.1 Å². The molecule has 0 amide bonds. The Kier molecular flexibility index (Phi) is 6.91. The van der Waals surface area contributed by atoms with Gasteiger partial charge in [-0.1, -0.05) is 13.0 Å². The predicted octanol–water partition coefficient (Wildman–Crippen LogP) is 3.95. The Labute approximate surface area is 197 Å². The van der Waals surface area contributed by atoms with E-state index in [1.165, 1.54) is 17.4 Å². The molecule has 3 heterocycles. The van der Waals surface area contributed by atoms with Gasteiger partial charge in [0.1, 0.15) is 0 Å². The van der Waals surface area contributed by atoms with Crippen molar-refractivity contribution >= 4 is 33.0 Å². The molecular weight excluding hydrogens is 463 g/mol. The first-order valence-electron chi connectivity index (χ1n) is 10.8. The van der Waals surface area contributed by atoms with Crippen LogP contribution in [0.5, 0.6) is 0 Å². The van der Waals surface area contributed by atoms with Crippen LogP contribution in [0.25, 0.3) is 21.8 Å². The summed E-state index contributed by atoms with van der Waals surface area (Å²) < 4.78 is 42.4. The average molecular weight is 491 g/mol. The van der Waals surface area contributed by atoms with Gasteiger partial charge < -0.3 is 10.6 Å². The van der Waals surface area contributed by atoms with Gasteiger partial charge in [0.2, 0.25) is 16.0 Å². The van der Waals surface area contributed by atoms with Crippen molar-refractivity contribution < 1.29 is 12.8 Å². The van der Waals surface area contributed by atoms with E-state index in [4.69, 9.17) is 10.7 Å². The molecule has 8 nitrogen and oxygen atoms in total. The number of likely N-dealkylation sites (tertiary alicyclic amines) is 1. The summed E-state index contributed by atoms with van der Waals surface area (Å²) in [5.74, 6) is -0.360. The number of nitrogen functional groups attached to an aromatic ring is 1. The summed E-state index contributed by atoms with van der Waals surface area (Å²) in [6.07, 6.45) is 3.92. The van der Waals surface area contributed by atoms with Crippen molar-refractivity contribution in [3.8, 4) is 21.8 Å². The van der Waals surface area contributed by atoms with Gasteiger partial charge in [-0.2, -0.15) is 0 Å². The SMILES string of the molecule is CCCS(=O)(=O)Nc1cccc(-c2nc(C3CCN(C)CC3)sc2-c2ccnc(N)n2)c1F. The number of hydrogen-bond acceptors (Lipinski definition) is 8. The van der Waals surface area contributed by atoms with E-state index in [-0.39, 0.29) is 28.9 Å². The average Bonchev–Trinajstić information content (AvgIpc) is 3.21. The van der Waals surface area contributed by atoms with E-state index in [0.29, 0.717) is 22.7 Å². The van der Waals surface area contributed by atoms with Crippen molar-refractivity contribution in [3.05, 3.63) is 41.3 Å². The molecule has 3 N–H and O–H groups in total. The zero-order valence-electron chi connectivity index (χ0n) is 18.6. The van der Waals surface area contributed by atoms with Crippen LogP contribution >= 0.6 is 11.3 Å². The molecule has 0 unspecified atom stereocenters. The van der Waals surface area contributed by atoms with Gasteiger partial charge >= 0.3 is 0 Å². The van der Waals surface area contributed by atoms with Gasteiger partial charge in [0.15, 0.2) is 5.82 Å². The van der Waals surface area contributed by atoms with Crippen molar-refractivity contribution in [2.75, 3.05) is 36.3 Å². The lowest BCUT2D eigenvalue weighted by Crippen LogP contribution is -2.29. The fraction of sp³-hybridized carbons (Fsp3) is 0.409. The molecule has 4 rings (SSSR count). The molecule has 1 aliphatic heterocycles. The Bertz CT molecular complexity index is 1240. The van der Waals surface area contributed by atoms with Crippen molar-refractivity contribution in [1.82, 2.24) is 19.9 Å². The van der Waals surface area contributed by atoms with Crippen LogP contribution in [0.3, 0.4) is 0 Å². The molecule has 2 aromatic heterocycles. The highest BCUT2D eigenvalue weighted by molar-refractivity contribution is 7.92. The number of sulfonamides is 1. The van der Waals surface area contributed by atoms with Gasteiger partial charge in [-0.05, 0) is 57.6 Å². The topological polar surface area (TPSA) is 114 Å². The molecule has 0 atom stereocenters. The number of anilines is 2. The molecule has 0 aliphatic carbocycles. The lowest BCUT2D eigenvalue weighted by molar-refractivity contribution is 0.255. The number of rotatable bonds is 7. The minimum absolute atomic E-state index is 0.0842. The smallest absolute Gasteiger partial charge is 0.232 e. The number of thiazole rings is 1. The number of benzene rings is 1. The quantitative estimate of drug-likeness (QED) is 0.515. The Balaban J connectivity index is 1.80. The number of piperidine rings is 1. The summed E-state index contributed by atoms with van der Waals surface area (Å²) in [6, 6.07) is 6.36. The highest BCUT2D eigenvalue weighted by atomic mass is 32.2. The molecule has 1 fully saturated rings. The normalized spacial score (nSPS) is 15.6. The van der Waals surface area contributed by atoms with E-state index in [1.54, 1.807) is 31.3 Å². The molecule has 1 saturated heterocycles. The monoisotopic (exact) mass is 490 g/mol. The van der Waals surface area contributed by atoms with E-state index < -0.39 is 15.8 Å². The van der Waals surface area contributed by atoms with Gasteiger partial charge in [0, 0.05) is 17.7 Å². The number of nitrogens with zero attached hydrogens (tertiary/aromatic N) is 4. The molecule has 0 radical (unpaired) electrons. The zero-order valence-corrected chi connectivity index (χ0v) is 20.2. The number of halogens is 1. The largest absolute Gasteiger partial charge is 0.368 e. The van der Waals surface area contributed by atoms with E-state index in [9.17, 15) is 8.42 Å². The minimum Gasteiger partial charge on any atom is -0.368 e. The van der Waals surface area contributed by atoms with E-state index in [0.717, 1.165) is 30.9 Å². The molecular formula is C22H27FN6O2S2. The summed E-state index contributed by atoms with van der Waals surface area (Å²) in [4.78, 5) is 16.1. The van der Waals surface area contributed by atoms with Crippen LogP contribution in [0.15, 0.2) is 30.5 Å². The number of hydrogen-bond donors (Lipinski definition) is 2. The van der Waals surface area contributed by atoms with Crippen LogP contribution in [-0.4, -0.2) is 54.2 Å². The molecule has 1 aliphatic rings. The van der Waals surface area contributed by atoms with Gasteiger partial charge in [-0.3, -0.25) is 4.72 Å². The lowest BCUT2D eigenvalue weighted by atomic mass is 9.98. The molecule has 1 aromatic carbocycles. The number of nitrogens with one attached hydrogen (secondary N) is 1. The Morgan fingerprint density at radius 1 is 1.24 bits per heavy atom. The van der Waals surface area contributed by atoms with Crippen molar-refractivity contribution in [3.63, 3.8) is 0 Å². The van der Waals surface area contributed by atoms with Crippen LogP contribution < -0.4 is 10.5 Å². The Morgan fingerprint density at radius 2 is 2.00 bits per heavy atom. The first-order valence-corrected chi connectivity index (χ1v) is 13.3. The second-order valence-electron chi connectivity index (χ2n) is 8.20. The van der Waals surface area contributed by atoms with E-state index in [2.05, 4.69) is 26.6 Å². The molecule has 0 spiro atoms. The number of nitrogens with two attached hydrogens (primary N) is 1. The highest BCUT2D eigenvalue weighted by Crippen LogP contribution is 2.42. The molecule has 176 valence electrons. The highest BCUT2D eigenvalue weighted by Gasteiger charge is 2.27. The van der Waals surface area contributed by atoms with Crippen LogP contribution in [0.2, 0.25) is 0 Å². The summed E-state index contributed by atoms with van der Waals surface area (Å²) >= 11 is 1.48. The molecule has 3 aromatic rings. The maximum atomic E-state index is 15.6. The first kappa shape index (κ1) is 23.5. The molecule has 0 bridgehead atoms. The fourth-order valence-corrected chi connectivity index (χ4v) is 6.26. The van der Waals surface area contributed by atoms with Crippen LogP contribution in [0, 0.1) is 5.82 Å². The van der Waals surface area contributed by atoms with Crippen LogP contribution in [-0.2, 0) is 10.0 Å². The molecule has 33 heavy (non-hydrogen) atoms. The standard InChI is InChI=1S/C22H27FN6O2S2/c1-3-13-33(30,31)28-16-6-4-5-15(18(16)23)19-20(17-7-10-25-22(24)26-17)32-21(27-19)14-8-11-29(2)12-9-14/h4-7,10,14,28H,3,8-9,11-13H2,1-2H3,(H2,24,25,26). The summed E-state index contributed by atoms with van der Waals surface area (Å²) in [5, 5.41) is 0.918. The zero-order chi connectivity index (χ0) is 23.6. The van der Waals surface area contributed by atoms with Crippen molar-refractivity contribution in [1.29, 1.82) is 0 Å². The Morgan fingerprint density at radius 3 is 2.70 bits per heavy atom. The van der Waals surface area contributed by atoms with Gasteiger partial charge in [0.05, 0.1) is 32.7 Å². The maximum absolute atomic E-state index is 15.6. The minimum atomic E-state index is -3.64. The van der Waals surface area contributed by atoms with Gasteiger partial charge in [-0.15, -0.1) is 11.3 Å². The maximum Gasteiger partial charge on any atom is 0.232 e. The Hall–Kier alpha value is -2.63. The third-order valence-electron chi connectivity index (χ3n) is 5.61. The first-order chi connectivity index (χ1) is 15.8. The fourth-order valence-electron chi connectivity index (χ4n) is 3.90. The molecule has 0 saturated carbocycles. The summed E-state index contributed by atoms with van der Waals surface area (Å²) in [6.45, 7) is 3.70. The van der Waals surface area contributed by atoms with Crippen LogP contribution in [0.4, 0.5) is 16.0 Å². The predicted molar refractivity (Wildman–Crippen MR) is 130 cm³/mol. The number of aromatic nitrogens is 3. The van der Waals surface area contributed by atoms with Crippen molar-refractivity contribution in [2.24, 2.45) is 0 Å². The van der Waals surface area contributed by atoms with Gasteiger partial charge in [-0.25, -0.2) is 27.8 Å². The molecule has 11 heteroatoms. The summed E-state index contributed by atoms with van der Waals surface area (Å²) in [5.41, 5.74) is 6.92. The second kappa shape index (κ2) is 9.70. The summed E-state index contributed by atoms with van der Waals surface area (Å²) in [7, 11) is -1.54. The van der Waals surface area contributed by atoms with E-state index >= 15 is 4.39 Å². The third-order valence-corrected chi connectivity index (χ3v) is 8.33.